The summed E-state index contributed by atoms with van der Waals surface area (Å²) < 4.78 is 48.0. The summed E-state index contributed by atoms with van der Waals surface area (Å²) in [5.74, 6) is -1.00. The standard InChI is InChI=1S/C26H23BClFN2O6S/c1-30-26(32)24-19-12-18(14-3-4-14)22(13-23(19)37-25(24)15-5-7-16(28)8-6-15)31(38(2,35)36)17-9-10-20(27(33)34)21(29)11-17/h5-14,33-34H,3-4H2,1-2H3,(H,30,32). The van der Waals surface area contributed by atoms with Gasteiger partial charge in [0.15, 0.2) is 0 Å². The van der Waals surface area contributed by atoms with Crippen LogP contribution in [0.2, 0.25) is 5.02 Å². The molecule has 196 valence electrons. The Kier molecular flexibility index (Phi) is 6.72. The number of hydrogen-bond acceptors (Lipinski definition) is 6. The Morgan fingerprint density at radius 2 is 1.82 bits per heavy atom. The minimum Gasteiger partial charge on any atom is -0.455 e. The van der Waals surface area contributed by atoms with E-state index < -0.39 is 23.0 Å². The first kappa shape index (κ1) is 26.2. The second-order valence-corrected chi connectivity index (χ2v) is 11.4. The number of amides is 1. The lowest BCUT2D eigenvalue weighted by molar-refractivity contribution is 0.0964. The Labute approximate surface area is 223 Å². The molecule has 12 heteroatoms. The van der Waals surface area contributed by atoms with Gasteiger partial charge in [-0.3, -0.25) is 4.79 Å². The van der Waals surface area contributed by atoms with Crippen LogP contribution in [0.1, 0.15) is 34.7 Å². The zero-order chi connectivity index (χ0) is 27.4. The van der Waals surface area contributed by atoms with Crippen LogP contribution < -0.4 is 15.1 Å². The molecule has 0 bridgehead atoms. The Bertz CT molecular complexity index is 1670. The number of rotatable bonds is 7. The number of fused-ring (bicyclic) bond motifs is 1. The molecule has 0 spiro atoms. The SMILES string of the molecule is CNC(=O)c1c(-c2ccc(Cl)cc2)oc2cc(N(c3ccc(B(O)O)c(F)c3)S(C)(=O)=O)c(C3CC3)cc12. The topological polar surface area (TPSA) is 120 Å². The maximum atomic E-state index is 14.7. The van der Waals surface area contributed by atoms with E-state index in [1.807, 2.05) is 0 Å². The number of nitrogens with one attached hydrogen (secondary N) is 1. The summed E-state index contributed by atoms with van der Waals surface area (Å²) in [6.45, 7) is 0. The Balaban J connectivity index is 1.77. The van der Waals surface area contributed by atoms with E-state index in [0.29, 0.717) is 32.9 Å². The number of sulfonamides is 1. The van der Waals surface area contributed by atoms with E-state index in [0.717, 1.165) is 35.5 Å². The highest BCUT2D eigenvalue weighted by molar-refractivity contribution is 7.92. The molecular weight excluding hydrogens is 534 g/mol. The summed E-state index contributed by atoms with van der Waals surface area (Å²) in [5, 5.41) is 22.4. The highest BCUT2D eigenvalue weighted by Crippen LogP contribution is 2.49. The number of nitrogens with zero attached hydrogens (tertiary/aromatic N) is 1. The zero-order valence-electron chi connectivity index (χ0n) is 20.4. The maximum absolute atomic E-state index is 14.7. The molecule has 1 saturated carbocycles. The fraction of sp³-hybridized carbons (Fsp3) is 0.192. The molecule has 5 rings (SSSR count). The summed E-state index contributed by atoms with van der Waals surface area (Å²) in [7, 11) is -4.53. The van der Waals surface area contributed by atoms with Gasteiger partial charge in [-0.1, -0.05) is 17.7 Å². The van der Waals surface area contributed by atoms with Crippen LogP contribution in [-0.4, -0.2) is 44.8 Å². The molecule has 0 saturated heterocycles. The summed E-state index contributed by atoms with van der Waals surface area (Å²) in [5.41, 5.74) is 1.71. The van der Waals surface area contributed by atoms with Crippen molar-refractivity contribution in [3.8, 4) is 11.3 Å². The van der Waals surface area contributed by atoms with E-state index in [4.69, 9.17) is 16.0 Å². The minimum atomic E-state index is -3.99. The molecule has 3 N–H and O–H groups in total. The van der Waals surface area contributed by atoms with Crippen LogP contribution in [0.25, 0.3) is 22.3 Å². The van der Waals surface area contributed by atoms with Crippen LogP contribution in [0.5, 0.6) is 0 Å². The average Bonchev–Trinajstić information content (AvgIpc) is 3.63. The Morgan fingerprint density at radius 1 is 1.13 bits per heavy atom. The Morgan fingerprint density at radius 3 is 2.37 bits per heavy atom. The molecule has 1 aliphatic carbocycles. The molecule has 0 atom stereocenters. The molecular formula is C26H23BClFN2O6S. The van der Waals surface area contributed by atoms with Crippen LogP contribution in [-0.2, 0) is 10.0 Å². The summed E-state index contributed by atoms with van der Waals surface area (Å²) in [6.07, 6.45) is 2.63. The van der Waals surface area contributed by atoms with Gasteiger partial charge in [0.2, 0.25) is 10.0 Å². The molecule has 1 heterocycles. The molecule has 1 amide bonds. The highest BCUT2D eigenvalue weighted by Gasteiger charge is 2.34. The van der Waals surface area contributed by atoms with E-state index >= 15 is 0 Å². The van der Waals surface area contributed by atoms with Gasteiger partial charge >= 0.3 is 7.12 Å². The maximum Gasteiger partial charge on any atom is 0.491 e. The normalized spacial score (nSPS) is 13.5. The number of furan rings is 1. The van der Waals surface area contributed by atoms with Gasteiger partial charge in [0.1, 0.15) is 17.2 Å². The lowest BCUT2D eigenvalue weighted by atomic mass is 9.80. The molecule has 1 aliphatic rings. The van der Waals surface area contributed by atoms with Crippen molar-refractivity contribution in [3.63, 3.8) is 0 Å². The fourth-order valence-electron chi connectivity index (χ4n) is 4.56. The number of hydrogen-bond donors (Lipinski definition) is 3. The predicted molar refractivity (Wildman–Crippen MR) is 145 cm³/mol. The number of carbonyl (C=O) groups excluding carboxylic acids is 1. The summed E-state index contributed by atoms with van der Waals surface area (Å²) in [6, 6.07) is 13.5. The second-order valence-electron chi connectivity index (χ2n) is 9.18. The monoisotopic (exact) mass is 556 g/mol. The molecule has 0 aliphatic heterocycles. The van der Waals surface area contributed by atoms with Crippen molar-refractivity contribution in [2.45, 2.75) is 18.8 Å². The van der Waals surface area contributed by atoms with Crippen LogP contribution >= 0.6 is 11.6 Å². The van der Waals surface area contributed by atoms with Gasteiger partial charge in [0.25, 0.3) is 5.91 Å². The number of anilines is 2. The van der Waals surface area contributed by atoms with Crippen molar-refractivity contribution in [2.24, 2.45) is 0 Å². The molecule has 0 unspecified atom stereocenters. The Hall–Kier alpha value is -3.38. The van der Waals surface area contributed by atoms with Crippen LogP contribution in [0.3, 0.4) is 0 Å². The van der Waals surface area contributed by atoms with E-state index in [1.54, 1.807) is 36.4 Å². The zero-order valence-corrected chi connectivity index (χ0v) is 22.0. The number of carbonyl (C=O) groups is 1. The molecule has 4 aromatic rings. The summed E-state index contributed by atoms with van der Waals surface area (Å²) >= 11 is 6.04. The molecule has 0 radical (unpaired) electrons. The largest absolute Gasteiger partial charge is 0.491 e. The molecule has 3 aromatic carbocycles. The van der Waals surface area contributed by atoms with E-state index in [9.17, 15) is 27.7 Å². The van der Waals surface area contributed by atoms with E-state index in [1.165, 1.54) is 13.1 Å². The minimum absolute atomic E-state index is 0.0216. The van der Waals surface area contributed by atoms with Crippen molar-refractivity contribution in [2.75, 3.05) is 17.6 Å². The number of halogens is 2. The van der Waals surface area contributed by atoms with Gasteiger partial charge in [0.05, 0.1) is 23.2 Å². The van der Waals surface area contributed by atoms with Crippen LogP contribution in [0, 0.1) is 5.82 Å². The molecule has 38 heavy (non-hydrogen) atoms. The van der Waals surface area contributed by atoms with Gasteiger partial charge in [-0.25, -0.2) is 17.1 Å². The smallest absolute Gasteiger partial charge is 0.455 e. The van der Waals surface area contributed by atoms with Gasteiger partial charge in [-0.15, -0.1) is 0 Å². The fourth-order valence-corrected chi connectivity index (χ4v) is 5.70. The van der Waals surface area contributed by atoms with E-state index in [-0.39, 0.29) is 34.2 Å². The van der Waals surface area contributed by atoms with Gasteiger partial charge in [0, 0.05) is 34.5 Å². The first-order valence-corrected chi connectivity index (χ1v) is 14.0. The van der Waals surface area contributed by atoms with Gasteiger partial charge < -0.3 is 19.8 Å². The predicted octanol–water partition coefficient (Wildman–Crippen LogP) is 3.91. The molecule has 8 nitrogen and oxygen atoms in total. The molecule has 1 fully saturated rings. The number of benzene rings is 3. The average molecular weight is 557 g/mol. The second kappa shape index (κ2) is 9.74. The van der Waals surface area contributed by atoms with Gasteiger partial charge in [-0.2, -0.15) is 0 Å². The van der Waals surface area contributed by atoms with Crippen LogP contribution in [0.4, 0.5) is 15.8 Å². The lowest BCUT2D eigenvalue weighted by Gasteiger charge is -2.25. The third-order valence-corrected chi connectivity index (χ3v) is 7.78. The third-order valence-electron chi connectivity index (χ3n) is 6.46. The summed E-state index contributed by atoms with van der Waals surface area (Å²) in [4.78, 5) is 13.0. The van der Waals surface area contributed by atoms with Crippen molar-refractivity contribution in [1.82, 2.24) is 5.32 Å². The lowest BCUT2D eigenvalue weighted by Crippen LogP contribution is -2.33. The first-order valence-electron chi connectivity index (χ1n) is 11.7. The van der Waals surface area contributed by atoms with E-state index in [2.05, 4.69) is 5.32 Å². The molecule has 1 aromatic heterocycles. The highest BCUT2D eigenvalue weighted by atomic mass is 35.5. The first-order chi connectivity index (χ1) is 18.0. The quantitative estimate of drug-likeness (QED) is 0.297. The van der Waals surface area contributed by atoms with Crippen molar-refractivity contribution in [1.29, 1.82) is 0 Å². The van der Waals surface area contributed by atoms with Crippen LogP contribution in [0.15, 0.2) is 59.0 Å². The van der Waals surface area contributed by atoms with Crippen molar-refractivity contribution < 1.29 is 32.1 Å². The van der Waals surface area contributed by atoms with Crippen molar-refractivity contribution in [3.05, 3.63) is 76.6 Å². The van der Waals surface area contributed by atoms with Gasteiger partial charge in [-0.05, 0) is 66.8 Å². The third kappa shape index (κ3) is 4.78. The van der Waals surface area contributed by atoms with Crippen molar-refractivity contribution >= 4 is 62.5 Å².